The number of nitrogens with zero attached hydrogens (tertiary/aromatic N) is 2. The molecule has 1 atom stereocenters. The number of nitrogens with one attached hydrogen (secondary N) is 1. The van der Waals surface area contributed by atoms with E-state index >= 15 is 0 Å². The Morgan fingerprint density at radius 1 is 1.21 bits per heavy atom. The van der Waals surface area contributed by atoms with E-state index in [9.17, 15) is 4.79 Å². The zero-order valence-electron chi connectivity index (χ0n) is 16.0. The maximum Gasteiger partial charge on any atom is 0.251 e. The first-order valence-electron chi connectivity index (χ1n) is 9.04. The Balaban J connectivity index is 1.80. The van der Waals surface area contributed by atoms with Gasteiger partial charge in [0.05, 0.1) is 18.8 Å². The van der Waals surface area contributed by atoms with Crippen molar-refractivity contribution in [1.29, 1.82) is 0 Å². The van der Waals surface area contributed by atoms with Gasteiger partial charge in [0.15, 0.2) is 11.5 Å². The van der Waals surface area contributed by atoms with Crippen molar-refractivity contribution >= 4 is 5.91 Å². The molecule has 7 nitrogen and oxygen atoms in total. The van der Waals surface area contributed by atoms with Gasteiger partial charge in [-0.3, -0.25) is 4.79 Å². The van der Waals surface area contributed by atoms with E-state index in [0.717, 1.165) is 11.3 Å². The van der Waals surface area contributed by atoms with Crippen molar-refractivity contribution in [3.63, 3.8) is 0 Å². The molecule has 146 valence electrons. The van der Waals surface area contributed by atoms with Gasteiger partial charge in [-0.15, -0.1) is 0 Å². The van der Waals surface area contributed by atoms with Crippen LogP contribution in [0, 0.1) is 0 Å². The second-order valence-corrected chi connectivity index (χ2v) is 6.21. The van der Waals surface area contributed by atoms with Crippen molar-refractivity contribution in [2.75, 3.05) is 20.3 Å². The van der Waals surface area contributed by atoms with Gasteiger partial charge in [-0.1, -0.05) is 18.2 Å². The van der Waals surface area contributed by atoms with Gasteiger partial charge in [0.25, 0.3) is 5.91 Å². The van der Waals surface area contributed by atoms with Gasteiger partial charge >= 0.3 is 0 Å². The van der Waals surface area contributed by atoms with Crippen molar-refractivity contribution in [3.05, 3.63) is 72.1 Å². The molecule has 0 saturated heterocycles. The van der Waals surface area contributed by atoms with Crippen LogP contribution < -0.4 is 20.5 Å². The molecular weight excluding hydrogens is 356 g/mol. The Kier molecular flexibility index (Phi) is 6.29. The van der Waals surface area contributed by atoms with Crippen molar-refractivity contribution in [2.24, 2.45) is 5.73 Å². The summed E-state index contributed by atoms with van der Waals surface area (Å²) in [6, 6.07) is 14.6. The molecule has 0 aliphatic carbocycles. The summed E-state index contributed by atoms with van der Waals surface area (Å²) >= 11 is 0. The lowest BCUT2D eigenvalue weighted by Crippen LogP contribution is -2.27. The lowest BCUT2D eigenvalue weighted by molar-refractivity contribution is 0.0939. The highest BCUT2D eigenvalue weighted by atomic mass is 16.5. The van der Waals surface area contributed by atoms with Gasteiger partial charge in [0.1, 0.15) is 6.61 Å². The Bertz CT molecular complexity index is 925. The second-order valence-electron chi connectivity index (χ2n) is 6.21. The highest BCUT2D eigenvalue weighted by Gasteiger charge is 2.17. The first-order valence-corrected chi connectivity index (χ1v) is 9.04. The molecule has 0 bridgehead atoms. The number of aromatic nitrogens is 2. The predicted octanol–water partition coefficient (Wildman–Crippen LogP) is 2.71. The van der Waals surface area contributed by atoms with Gasteiger partial charge in [0.2, 0.25) is 0 Å². The molecule has 1 amide bonds. The molecule has 1 unspecified atom stereocenters. The molecule has 1 heterocycles. The van der Waals surface area contributed by atoms with Gasteiger partial charge in [0, 0.05) is 24.5 Å². The maximum absolute atomic E-state index is 12.8. The number of nitrogens with two attached hydrogens (primary N) is 1. The molecule has 0 spiro atoms. The predicted molar refractivity (Wildman–Crippen MR) is 107 cm³/mol. The number of hydrogen-bond acceptors (Lipinski definition) is 5. The summed E-state index contributed by atoms with van der Waals surface area (Å²) in [6.07, 6.45) is 3.60. The highest BCUT2D eigenvalue weighted by molar-refractivity contribution is 5.95. The standard InChI is InChI=1S/C21H24N4O3/c1-15(17-6-3-4-7-18(17)25-12-5-11-23-25)24-21(26)16-8-9-19(27-2)20(14-16)28-13-10-22/h3-9,11-12,14-15H,10,13,22H2,1-2H3,(H,24,26). The van der Waals surface area contributed by atoms with E-state index < -0.39 is 0 Å². The van der Waals surface area contributed by atoms with Crippen LogP contribution in [0.15, 0.2) is 60.9 Å². The minimum Gasteiger partial charge on any atom is -0.493 e. The molecule has 3 rings (SSSR count). The fraction of sp³-hybridized carbons (Fsp3) is 0.238. The first-order chi connectivity index (χ1) is 13.6. The van der Waals surface area contributed by atoms with Crippen molar-refractivity contribution < 1.29 is 14.3 Å². The molecular formula is C21H24N4O3. The van der Waals surface area contributed by atoms with Crippen LogP contribution in [0.4, 0.5) is 0 Å². The summed E-state index contributed by atoms with van der Waals surface area (Å²) in [5.41, 5.74) is 7.86. The fourth-order valence-electron chi connectivity index (χ4n) is 2.93. The van der Waals surface area contributed by atoms with Gasteiger partial charge in [-0.05, 0) is 42.8 Å². The molecule has 28 heavy (non-hydrogen) atoms. The largest absolute Gasteiger partial charge is 0.493 e. The molecule has 0 saturated carbocycles. The summed E-state index contributed by atoms with van der Waals surface area (Å²) in [7, 11) is 1.55. The molecule has 0 fully saturated rings. The van der Waals surface area contributed by atoms with Crippen LogP contribution in [-0.4, -0.2) is 35.9 Å². The monoisotopic (exact) mass is 380 g/mol. The Morgan fingerprint density at radius 2 is 2.04 bits per heavy atom. The molecule has 1 aromatic heterocycles. The lowest BCUT2D eigenvalue weighted by atomic mass is 10.1. The number of hydrogen-bond donors (Lipinski definition) is 2. The van der Waals surface area contributed by atoms with Crippen molar-refractivity contribution in [3.8, 4) is 17.2 Å². The van der Waals surface area contributed by atoms with E-state index in [1.54, 1.807) is 36.2 Å². The quantitative estimate of drug-likeness (QED) is 0.627. The van der Waals surface area contributed by atoms with E-state index in [0.29, 0.717) is 30.2 Å². The number of amides is 1. The Hall–Kier alpha value is -3.32. The highest BCUT2D eigenvalue weighted by Crippen LogP contribution is 2.28. The second kappa shape index (κ2) is 9.05. The first kappa shape index (κ1) is 19.4. The van der Waals surface area contributed by atoms with E-state index in [-0.39, 0.29) is 11.9 Å². The van der Waals surface area contributed by atoms with E-state index in [1.165, 1.54) is 0 Å². The number of carbonyl (C=O) groups is 1. The zero-order chi connectivity index (χ0) is 19.9. The summed E-state index contributed by atoms with van der Waals surface area (Å²) in [6.45, 7) is 2.66. The van der Waals surface area contributed by atoms with Crippen LogP contribution in [0.3, 0.4) is 0 Å². The van der Waals surface area contributed by atoms with Crippen LogP contribution in [0.5, 0.6) is 11.5 Å². The van der Waals surface area contributed by atoms with Crippen LogP contribution in [-0.2, 0) is 0 Å². The topological polar surface area (TPSA) is 91.4 Å². The average Bonchev–Trinajstić information content (AvgIpc) is 3.26. The smallest absolute Gasteiger partial charge is 0.251 e. The molecule has 2 aromatic carbocycles. The van der Waals surface area contributed by atoms with Crippen LogP contribution in [0.25, 0.3) is 5.69 Å². The third-order valence-corrected chi connectivity index (χ3v) is 4.30. The number of rotatable bonds is 8. The van der Waals surface area contributed by atoms with Crippen molar-refractivity contribution in [1.82, 2.24) is 15.1 Å². The third kappa shape index (κ3) is 4.32. The molecule has 0 radical (unpaired) electrons. The van der Waals surface area contributed by atoms with E-state index in [4.69, 9.17) is 15.2 Å². The minimum absolute atomic E-state index is 0.206. The summed E-state index contributed by atoms with van der Waals surface area (Å²) < 4.78 is 12.6. The van der Waals surface area contributed by atoms with E-state index in [2.05, 4.69) is 10.4 Å². The SMILES string of the molecule is COc1ccc(C(=O)NC(C)c2ccccc2-n2cccn2)cc1OCCN. The zero-order valence-corrected chi connectivity index (χ0v) is 16.0. The molecule has 0 aliphatic rings. The Morgan fingerprint density at radius 3 is 2.75 bits per heavy atom. The van der Waals surface area contributed by atoms with E-state index in [1.807, 2.05) is 43.5 Å². The average molecular weight is 380 g/mol. The molecule has 3 aromatic rings. The van der Waals surface area contributed by atoms with Gasteiger partial charge in [-0.25, -0.2) is 4.68 Å². The number of methoxy groups -OCH3 is 1. The summed E-state index contributed by atoms with van der Waals surface area (Å²) in [5, 5.41) is 7.32. The summed E-state index contributed by atoms with van der Waals surface area (Å²) in [4.78, 5) is 12.8. The number of carbonyl (C=O) groups excluding carboxylic acids is 1. The summed E-state index contributed by atoms with van der Waals surface area (Å²) in [5.74, 6) is 0.843. The normalized spacial score (nSPS) is 11.7. The maximum atomic E-state index is 12.8. The fourth-order valence-corrected chi connectivity index (χ4v) is 2.93. The minimum atomic E-state index is -0.219. The van der Waals surface area contributed by atoms with Crippen LogP contribution in [0.2, 0.25) is 0 Å². The molecule has 0 aliphatic heterocycles. The van der Waals surface area contributed by atoms with Gasteiger partial charge < -0.3 is 20.5 Å². The van der Waals surface area contributed by atoms with Crippen LogP contribution in [0.1, 0.15) is 28.9 Å². The lowest BCUT2D eigenvalue weighted by Gasteiger charge is -2.18. The Labute approximate surface area is 164 Å². The third-order valence-electron chi connectivity index (χ3n) is 4.30. The number of para-hydroxylation sites is 1. The molecule has 7 heteroatoms. The number of ether oxygens (including phenoxy) is 2. The van der Waals surface area contributed by atoms with Crippen LogP contribution >= 0.6 is 0 Å². The number of benzene rings is 2. The van der Waals surface area contributed by atoms with Crippen molar-refractivity contribution in [2.45, 2.75) is 13.0 Å². The van der Waals surface area contributed by atoms with Gasteiger partial charge in [-0.2, -0.15) is 5.10 Å². The molecule has 3 N–H and O–H groups in total.